The van der Waals surface area contributed by atoms with Crippen molar-refractivity contribution in [1.29, 1.82) is 0 Å². The van der Waals surface area contributed by atoms with Crippen LogP contribution in [0.3, 0.4) is 0 Å². The Morgan fingerprint density at radius 1 is 1.61 bits per heavy atom. The van der Waals surface area contributed by atoms with Crippen molar-refractivity contribution in [3.63, 3.8) is 0 Å². The fourth-order valence-corrected chi connectivity index (χ4v) is 1.52. The van der Waals surface area contributed by atoms with Crippen molar-refractivity contribution in [2.24, 2.45) is 0 Å². The van der Waals surface area contributed by atoms with Crippen LogP contribution in [0.2, 0.25) is 0 Å². The summed E-state index contributed by atoms with van der Waals surface area (Å²) in [4.78, 5) is 24.8. The Kier molecular flexibility index (Phi) is 3.38. The highest BCUT2D eigenvalue weighted by atomic mass is 19.1. The van der Waals surface area contributed by atoms with Crippen molar-refractivity contribution < 1.29 is 18.7 Å². The molecule has 8 heteroatoms. The molecule has 0 saturated carbocycles. The van der Waals surface area contributed by atoms with Crippen LogP contribution in [0.5, 0.6) is 0 Å². The molecule has 0 aromatic carbocycles. The van der Waals surface area contributed by atoms with E-state index in [9.17, 15) is 14.0 Å². The van der Waals surface area contributed by atoms with Gasteiger partial charge in [0.15, 0.2) is 17.9 Å². The molecule has 1 aliphatic rings. The summed E-state index contributed by atoms with van der Waals surface area (Å²) in [7, 11) is 0. The second kappa shape index (κ2) is 4.96. The van der Waals surface area contributed by atoms with Crippen molar-refractivity contribution in [3.05, 3.63) is 34.7 Å². The molecule has 0 aliphatic carbocycles. The minimum Gasteiger partial charge on any atom is -0.465 e. The van der Waals surface area contributed by atoms with Gasteiger partial charge in [-0.3, -0.25) is 9.36 Å². The van der Waals surface area contributed by atoms with Crippen LogP contribution >= 0.6 is 0 Å². The number of carbonyl (C=O) groups is 1. The standard InChI is InChI=1S/C10H10FN3O4/c11-7-3-14(10(16)13-9(7)12)8-2-1-6(18-8)4-17-5-15/h1-3,5-6,8H,4H2,(H2,12,13,16). The average molecular weight is 255 g/mol. The van der Waals surface area contributed by atoms with E-state index in [0.717, 1.165) is 10.8 Å². The number of aromatic nitrogens is 2. The Morgan fingerprint density at radius 3 is 3.11 bits per heavy atom. The lowest BCUT2D eigenvalue weighted by Gasteiger charge is -2.15. The van der Waals surface area contributed by atoms with Crippen LogP contribution in [-0.2, 0) is 14.3 Å². The Balaban J connectivity index is 2.15. The fourth-order valence-electron chi connectivity index (χ4n) is 1.52. The molecule has 0 saturated heterocycles. The number of ether oxygens (including phenoxy) is 2. The zero-order chi connectivity index (χ0) is 13.1. The van der Waals surface area contributed by atoms with Crippen molar-refractivity contribution in [2.45, 2.75) is 12.3 Å². The minimum atomic E-state index is -0.806. The molecule has 2 atom stereocenters. The molecular weight excluding hydrogens is 245 g/mol. The van der Waals surface area contributed by atoms with Crippen LogP contribution in [0, 0.1) is 5.82 Å². The fraction of sp³-hybridized carbons (Fsp3) is 0.300. The molecule has 0 radical (unpaired) electrons. The first-order valence-electron chi connectivity index (χ1n) is 5.05. The number of nitrogens with zero attached hydrogens (tertiary/aromatic N) is 2. The van der Waals surface area contributed by atoms with Crippen LogP contribution in [0.4, 0.5) is 10.2 Å². The number of nitrogens with two attached hydrogens (primary N) is 1. The number of anilines is 1. The number of rotatable bonds is 4. The van der Waals surface area contributed by atoms with Crippen LogP contribution in [0.1, 0.15) is 6.23 Å². The summed E-state index contributed by atoms with van der Waals surface area (Å²) in [6.45, 7) is 0.317. The highest BCUT2D eigenvalue weighted by Crippen LogP contribution is 2.20. The second-order valence-corrected chi connectivity index (χ2v) is 3.54. The second-order valence-electron chi connectivity index (χ2n) is 3.54. The van der Waals surface area contributed by atoms with Gasteiger partial charge in [-0.2, -0.15) is 4.98 Å². The summed E-state index contributed by atoms with van der Waals surface area (Å²) < 4.78 is 24.0. The number of nitrogen functional groups attached to an aromatic ring is 1. The molecule has 1 aromatic heterocycles. The number of hydrogen-bond donors (Lipinski definition) is 1. The molecule has 2 heterocycles. The summed E-state index contributed by atoms with van der Waals surface area (Å²) in [6, 6.07) is 0. The molecule has 0 amide bonds. The molecule has 2 unspecified atom stereocenters. The maximum absolute atomic E-state index is 13.2. The van der Waals surface area contributed by atoms with Gasteiger partial charge in [0, 0.05) is 0 Å². The minimum absolute atomic E-state index is 0.0239. The highest BCUT2D eigenvalue weighted by Gasteiger charge is 2.22. The van der Waals surface area contributed by atoms with Gasteiger partial charge in [-0.05, 0) is 6.08 Å². The third kappa shape index (κ3) is 2.38. The largest absolute Gasteiger partial charge is 0.465 e. The lowest BCUT2D eigenvalue weighted by molar-refractivity contribution is -0.132. The molecule has 0 spiro atoms. The van der Waals surface area contributed by atoms with E-state index in [1.165, 1.54) is 6.08 Å². The van der Waals surface area contributed by atoms with Crippen molar-refractivity contribution >= 4 is 12.3 Å². The quantitative estimate of drug-likeness (QED) is 0.580. The van der Waals surface area contributed by atoms with Crippen LogP contribution in [0.15, 0.2) is 23.1 Å². The molecular formula is C10H10FN3O4. The maximum Gasteiger partial charge on any atom is 0.352 e. The summed E-state index contributed by atoms with van der Waals surface area (Å²) in [6.07, 6.45) is 2.79. The third-order valence-corrected chi connectivity index (χ3v) is 2.34. The first-order chi connectivity index (χ1) is 8.61. The van der Waals surface area contributed by atoms with Crippen molar-refractivity contribution in [1.82, 2.24) is 9.55 Å². The van der Waals surface area contributed by atoms with Crippen LogP contribution in [0.25, 0.3) is 0 Å². The summed E-state index contributed by atoms with van der Waals surface area (Å²) in [5, 5.41) is 0. The molecule has 0 fully saturated rings. The predicted octanol–water partition coefficient (Wildman–Crippen LogP) is -0.409. The molecule has 2 N–H and O–H groups in total. The lowest BCUT2D eigenvalue weighted by Crippen LogP contribution is -2.29. The molecule has 0 bridgehead atoms. The number of carbonyl (C=O) groups excluding carboxylic acids is 1. The van der Waals surface area contributed by atoms with Gasteiger partial charge >= 0.3 is 5.69 Å². The summed E-state index contributed by atoms with van der Waals surface area (Å²) in [5.74, 6) is -1.27. The average Bonchev–Trinajstić information content (AvgIpc) is 2.79. The van der Waals surface area contributed by atoms with Crippen molar-refractivity contribution in [2.75, 3.05) is 12.3 Å². The number of hydrogen-bond acceptors (Lipinski definition) is 6. The smallest absolute Gasteiger partial charge is 0.352 e. The van der Waals surface area contributed by atoms with Gasteiger partial charge in [-0.1, -0.05) is 6.08 Å². The van der Waals surface area contributed by atoms with Gasteiger partial charge in [-0.15, -0.1) is 0 Å². The van der Waals surface area contributed by atoms with E-state index in [1.54, 1.807) is 6.08 Å². The normalized spacial score (nSPS) is 22.1. The van der Waals surface area contributed by atoms with E-state index in [-0.39, 0.29) is 6.61 Å². The van der Waals surface area contributed by atoms with Gasteiger partial charge < -0.3 is 15.2 Å². The molecule has 7 nitrogen and oxygen atoms in total. The predicted molar refractivity (Wildman–Crippen MR) is 57.9 cm³/mol. The van der Waals surface area contributed by atoms with Gasteiger partial charge in [0.05, 0.1) is 6.20 Å². The Hall–Kier alpha value is -2.22. The molecule has 96 valence electrons. The summed E-state index contributed by atoms with van der Waals surface area (Å²) >= 11 is 0. The van der Waals surface area contributed by atoms with Gasteiger partial charge in [-0.25, -0.2) is 9.18 Å². The topological polar surface area (TPSA) is 96.4 Å². The van der Waals surface area contributed by atoms with E-state index in [2.05, 4.69) is 9.72 Å². The van der Waals surface area contributed by atoms with Crippen LogP contribution in [-0.4, -0.2) is 28.7 Å². The van der Waals surface area contributed by atoms with E-state index >= 15 is 0 Å². The summed E-state index contributed by atoms with van der Waals surface area (Å²) in [5.41, 5.74) is 4.44. The maximum atomic E-state index is 13.2. The SMILES string of the molecule is Nc1nc(=O)n(C2C=CC(COC=O)O2)cc1F. The van der Waals surface area contributed by atoms with E-state index < -0.39 is 29.7 Å². The molecule has 2 rings (SSSR count). The van der Waals surface area contributed by atoms with Gasteiger partial charge in [0.1, 0.15) is 12.7 Å². The third-order valence-electron chi connectivity index (χ3n) is 2.34. The highest BCUT2D eigenvalue weighted by molar-refractivity contribution is 5.37. The van der Waals surface area contributed by atoms with E-state index in [0.29, 0.717) is 6.47 Å². The van der Waals surface area contributed by atoms with Crippen molar-refractivity contribution in [3.8, 4) is 0 Å². The lowest BCUT2D eigenvalue weighted by atomic mass is 10.4. The molecule has 18 heavy (non-hydrogen) atoms. The first-order valence-corrected chi connectivity index (χ1v) is 5.05. The molecule has 1 aromatic rings. The van der Waals surface area contributed by atoms with E-state index in [1.807, 2.05) is 0 Å². The van der Waals surface area contributed by atoms with Crippen LogP contribution < -0.4 is 11.4 Å². The molecule has 1 aliphatic heterocycles. The number of halogens is 1. The monoisotopic (exact) mass is 255 g/mol. The Morgan fingerprint density at radius 2 is 2.39 bits per heavy atom. The van der Waals surface area contributed by atoms with E-state index in [4.69, 9.17) is 10.5 Å². The van der Waals surface area contributed by atoms with Gasteiger partial charge in [0.25, 0.3) is 6.47 Å². The first kappa shape index (κ1) is 12.2. The zero-order valence-electron chi connectivity index (χ0n) is 9.15. The zero-order valence-corrected chi connectivity index (χ0v) is 9.15. The van der Waals surface area contributed by atoms with Gasteiger partial charge in [0.2, 0.25) is 0 Å². The Labute approximate surface area is 101 Å². The Bertz CT molecular complexity index is 542.